The minimum atomic E-state index is -0.946. The zero-order valence-corrected chi connectivity index (χ0v) is 20.8. The molecule has 4 amide bonds. The third-order valence-electron chi connectivity index (χ3n) is 5.43. The topological polar surface area (TPSA) is 152 Å². The van der Waals surface area contributed by atoms with E-state index >= 15 is 0 Å². The van der Waals surface area contributed by atoms with Crippen molar-refractivity contribution in [3.63, 3.8) is 0 Å². The molecular weight excluding hydrogens is 480 g/mol. The molecule has 0 aromatic rings. The first-order chi connectivity index (χ1) is 17.2. The predicted octanol–water partition coefficient (Wildman–Crippen LogP) is 0.150. The summed E-state index contributed by atoms with van der Waals surface area (Å²) in [6, 6.07) is 0. The Hall–Kier alpha value is -3.26. The number of amides is 4. The molecule has 0 atom stereocenters. The molecule has 0 aromatic carbocycles. The monoisotopic (exact) mass is 514 g/mol. The van der Waals surface area contributed by atoms with Gasteiger partial charge in [0.15, 0.2) is 13.5 Å². The van der Waals surface area contributed by atoms with Crippen molar-refractivity contribution < 1.29 is 47.7 Å². The van der Waals surface area contributed by atoms with E-state index in [2.05, 4.69) is 0 Å². The number of piperazine rings is 2. The van der Waals surface area contributed by atoms with Gasteiger partial charge in [-0.3, -0.25) is 29.0 Å². The Balaban J connectivity index is 1.71. The average Bonchev–Trinajstić information content (AvgIpc) is 2.82. The molecule has 0 N–H and O–H groups in total. The Labute approximate surface area is 209 Å². The van der Waals surface area contributed by atoms with Crippen LogP contribution in [-0.4, -0.2) is 121 Å². The zero-order chi connectivity index (χ0) is 26.5. The van der Waals surface area contributed by atoms with Gasteiger partial charge in [-0.25, -0.2) is 19.4 Å². The standard InChI is InChI=1S/C22H34N4O10/c1-3-5-9-33-21(31)35-15-25-17(27)11-23(12-18(25)28)7-8-24-13-19(29)26(20(30)14-24)16-36-22(32)34-10-6-4-2/h3-16H2,1-2H3. The van der Waals surface area contributed by atoms with Crippen LogP contribution in [0, 0.1) is 0 Å². The van der Waals surface area contributed by atoms with Crippen molar-refractivity contribution in [3.8, 4) is 0 Å². The molecule has 2 aliphatic heterocycles. The van der Waals surface area contributed by atoms with Gasteiger partial charge in [-0.2, -0.15) is 0 Å². The van der Waals surface area contributed by atoms with Crippen LogP contribution in [-0.2, 0) is 38.1 Å². The number of unbranched alkanes of at least 4 members (excludes halogenated alkanes) is 2. The number of carbonyl (C=O) groups is 6. The lowest BCUT2D eigenvalue weighted by molar-refractivity contribution is -0.159. The van der Waals surface area contributed by atoms with Crippen molar-refractivity contribution in [2.75, 3.05) is 65.9 Å². The van der Waals surface area contributed by atoms with E-state index in [1.54, 1.807) is 9.80 Å². The number of imide groups is 2. The van der Waals surface area contributed by atoms with Gasteiger partial charge in [0, 0.05) is 13.1 Å². The van der Waals surface area contributed by atoms with E-state index in [4.69, 9.17) is 18.9 Å². The molecule has 14 nitrogen and oxygen atoms in total. The van der Waals surface area contributed by atoms with Crippen LogP contribution in [0.3, 0.4) is 0 Å². The second kappa shape index (κ2) is 15.0. The highest BCUT2D eigenvalue weighted by molar-refractivity contribution is 6.00. The second-order valence-corrected chi connectivity index (χ2v) is 8.30. The van der Waals surface area contributed by atoms with Crippen LogP contribution in [0.1, 0.15) is 39.5 Å². The minimum Gasteiger partial charge on any atom is -0.434 e. The quantitative estimate of drug-likeness (QED) is 0.187. The van der Waals surface area contributed by atoms with Crippen molar-refractivity contribution in [1.82, 2.24) is 19.6 Å². The lowest BCUT2D eigenvalue weighted by atomic mass is 10.2. The van der Waals surface area contributed by atoms with Gasteiger partial charge in [-0.05, 0) is 12.8 Å². The Bertz CT molecular complexity index is 719. The number of hydrogen-bond acceptors (Lipinski definition) is 12. The van der Waals surface area contributed by atoms with E-state index in [0.29, 0.717) is 12.8 Å². The van der Waals surface area contributed by atoms with Crippen molar-refractivity contribution in [3.05, 3.63) is 0 Å². The largest absolute Gasteiger partial charge is 0.510 e. The van der Waals surface area contributed by atoms with Gasteiger partial charge in [0.25, 0.3) is 0 Å². The molecule has 0 aromatic heterocycles. The van der Waals surface area contributed by atoms with E-state index in [9.17, 15) is 28.8 Å². The molecule has 2 fully saturated rings. The number of hydrogen-bond donors (Lipinski definition) is 0. The van der Waals surface area contributed by atoms with E-state index in [-0.39, 0.29) is 52.5 Å². The Morgan fingerprint density at radius 1 is 0.611 bits per heavy atom. The Kier molecular flexibility index (Phi) is 12.1. The fourth-order valence-corrected chi connectivity index (χ4v) is 3.30. The molecule has 0 aliphatic carbocycles. The van der Waals surface area contributed by atoms with Gasteiger partial charge in [-0.15, -0.1) is 0 Å². The van der Waals surface area contributed by atoms with E-state index in [1.807, 2.05) is 13.8 Å². The van der Waals surface area contributed by atoms with Crippen LogP contribution in [0.5, 0.6) is 0 Å². The lowest BCUT2D eigenvalue weighted by Gasteiger charge is -2.35. The second-order valence-electron chi connectivity index (χ2n) is 8.30. The fourth-order valence-electron chi connectivity index (χ4n) is 3.30. The molecule has 202 valence electrons. The molecule has 36 heavy (non-hydrogen) atoms. The van der Waals surface area contributed by atoms with Crippen LogP contribution in [0.15, 0.2) is 0 Å². The highest BCUT2D eigenvalue weighted by atomic mass is 16.7. The molecule has 14 heteroatoms. The van der Waals surface area contributed by atoms with E-state index < -0.39 is 49.4 Å². The smallest absolute Gasteiger partial charge is 0.434 e. The minimum absolute atomic E-state index is 0.0875. The highest BCUT2D eigenvalue weighted by Gasteiger charge is 2.34. The fraction of sp³-hybridized carbons (Fsp3) is 0.727. The zero-order valence-electron chi connectivity index (χ0n) is 20.8. The average molecular weight is 515 g/mol. The van der Waals surface area contributed by atoms with Gasteiger partial charge >= 0.3 is 12.3 Å². The molecule has 2 saturated heterocycles. The van der Waals surface area contributed by atoms with Crippen LogP contribution in [0.2, 0.25) is 0 Å². The summed E-state index contributed by atoms with van der Waals surface area (Å²) in [7, 11) is 0. The highest BCUT2D eigenvalue weighted by Crippen LogP contribution is 2.09. The van der Waals surface area contributed by atoms with Crippen molar-refractivity contribution in [1.29, 1.82) is 0 Å². The number of rotatable bonds is 13. The molecule has 2 aliphatic rings. The summed E-state index contributed by atoms with van der Waals surface area (Å²) in [6.07, 6.45) is 1.15. The first-order valence-electron chi connectivity index (χ1n) is 11.9. The number of carbonyl (C=O) groups excluding carboxylic acids is 6. The van der Waals surface area contributed by atoms with Crippen LogP contribution >= 0.6 is 0 Å². The van der Waals surface area contributed by atoms with E-state index in [1.165, 1.54) is 0 Å². The molecule has 0 spiro atoms. The van der Waals surface area contributed by atoms with Crippen LogP contribution in [0.25, 0.3) is 0 Å². The maximum absolute atomic E-state index is 12.3. The molecule has 2 heterocycles. The normalized spacial score (nSPS) is 17.4. The first kappa shape index (κ1) is 29.0. The van der Waals surface area contributed by atoms with Gasteiger partial charge in [-0.1, -0.05) is 26.7 Å². The summed E-state index contributed by atoms with van der Waals surface area (Å²) >= 11 is 0. The van der Waals surface area contributed by atoms with E-state index in [0.717, 1.165) is 22.6 Å². The van der Waals surface area contributed by atoms with Crippen molar-refractivity contribution in [2.45, 2.75) is 39.5 Å². The summed E-state index contributed by atoms with van der Waals surface area (Å²) in [5.74, 6) is -2.14. The summed E-state index contributed by atoms with van der Waals surface area (Å²) in [4.78, 5) is 77.3. The molecular formula is C22H34N4O10. The first-order valence-corrected chi connectivity index (χ1v) is 11.9. The Morgan fingerprint density at radius 3 is 1.25 bits per heavy atom. The summed E-state index contributed by atoms with van der Waals surface area (Å²) in [5, 5.41) is 0. The molecule has 0 unspecified atom stereocenters. The van der Waals surface area contributed by atoms with Crippen molar-refractivity contribution in [2.24, 2.45) is 0 Å². The van der Waals surface area contributed by atoms with Crippen LogP contribution in [0.4, 0.5) is 9.59 Å². The Morgan fingerprint density at radius 2 is 0.944 bits per heavy atom. The predicted molar refractivity (Wildman–Crippen MR) is 121 cm³/mol. The lowest BCUT2D eigenvalue weighted by Crippen LogP contribution is -2.58. The maximum atomic E-state index is 12.3. The van der Waals surface area contributed by atoms with Gasteiger partial charge in [0.2, 0.25) is 23.6 Å². The molecule has 0 radical (unpaired) electrons. The summed E-state index contributed by atoms with van der Waals surface area (Å²) < 4.78 is 19.3. The third kappa shape index (κ3) is 9.41. The third-order valence-corrected chi connectivity index (χ3v) is 5.43. The number of ether oxygens (including phenoxy) is 4. The molecule has 0 bridgehead atoms. The summed E-state index contributed by atoms with van der Waals surface area (Å²) in [5.41, 5.74) is 0. The summed E-state index contributed by atoms with van der Waals surface area (Å²) in [6.45, 7) is 3.39. The van der Waals surface area contributed by atoms with Crippen molar-refractivity contribution >= 4 is 35.9 Å². The molecule has 0 saturated carbocycles. The van der Waals surface area contributed by atoms with Gasteiger partial charge in [0.05, 0.1) is 39.4 Å². The molecule has 2 rings (SSSR count). The number of nitrogens with zero attached hydrogens (tertiary/aromatic N) is 4. The van der Waals surface area contributed by atoms with Gasteiger partial charge < -0.3 is 18.9 Å². The van der Waals surface area contributed by atoms with Crippen LogP contribution < -0.4 is 0 Å². The maximum Gasteiger partial charge on any atom is 0.510 e. The van der Waals surface area contributed by atoms with Gasteiger partial charge in [0.1, 0.15) is 0 Å². The SMILES string of the molecule is CCCCOC(=O)OCN1C(=O)CN(CCN2CC(=O)N(COC(=O)OCCCC)C(=O)C2)CC1=O.